The molecule has 0 spiro atoms. The summed E-state index contributed by atoms with van der Waals surface area (Å²) in [6.45, 7) is 8.21. The van der Waals surface area contributed by atoms with Crippen LogP contribution in [-0.2, 0) is 9.53 Å². The minimum atomic E-state index is -0.728. The van der Waals surface area contributed by atoms with Crippen molar-refractivity contribution in [2.24, 2.45) is 5.41 Å². The molecule has 0 bridgehead atoms. The molecule has 14 heavy (non-hydrogen) atoms. The van der Waals surface area contributed by atoms with E-state index in [4.69, 9.17) is 9.84 Å². The highest BCUT2D eigenvalue weighted by Crippen LogP contribution is 2.33. The van der Waals surface area contributed by atoms with Gasteiger partial charge in [0.1, 0.15) is 0 Å². The van der Waals surface area contributed by atoms with Gasteiger partial charge in [0.15, 0.2) is 0 Å². The Kier molecular flexibility index (Phi) is 4.59. The van der Waals surface area contributed by atoms with Crippen molar-refractivity contribution >= 4 is 5.97 Å². The zero-order chi connectivity index (χ0) is 11.4. The van der Waals surface area contributed by atoms with Crippen LogP contribution in [0.15, 0.2) is 0 Å². The molecule has 1 N–H and O–H groups in total. The Morgan fingerprint density at radius 3 is 2.14 bits per heavy atom. The predicted octanol–water partition coefficient (Wildman–Crippen LogP) is 2.69. The lowest BCUT2D eigenvalue weighted by molar-refractivity contribution is -0.137. The van der Waals surface area contributed by atoms with E-state index in [0.29, 0.717) is 6.42 Å². The van der Waals surface area contributed by atoms with E-state index in [1.54, 1.807) is 7.11 Å². The number of carbonyl (C=O) groups is 1. The fourth-order valence-corrected chi connectivity index (χ4v) is 1.76. The molecule has 0 unspecified atom stereocenters. The maximum absolute atomic E-state index is 10.4. The summed E-state index contributed by atoms with van der Waals surface area (Å²) in [5.41, 5.74) is -0.167. The largest absolute Gasteiger partial charge is 0.481 e. The first-order valence-corrected chi connectivity index (χ1v) is 4.95. The van der Waals surface area contributed by atoms with E-state index in [2.05, 4.69) is 13.8 Å². The number of carboxylic acids is 1. The normalized spacial score (nSPS) is 12.9. The van der Waals surface area contributed by atoms with E-state index in [9.17, 15) is 4.79 Å². The molecule has 0 heterocycles. The molecule has 3 heteroatoms. The average molecular weight is 202 g/mol. The van der Waals surface area contributed by atoms with Crippen LogP contribution < -0.4 is 0 Å². The van der Waals surface area contributed by atoms with Gasteiger partial charge in [-0.05, 0) is 32.1 Å². The van der Waals surface area contributed by atoms with Crippen molar-refractivity contribution in [2.75, 3.05) is 7.11 Å². The van der Waals surface area contributed by atoms with E-state index in [0.717, 1.165) is 6.42 Å². The van der Waals surface area contributed by atoms with E-state index in [1.165, 1.54) is 0 Å². The topological polar surface area (TPSA) is 46.5 Å². The molecule has 0 fully saturated rings. The molecule has 0 aromatic carbocycles. The Labute approximate surface area is 86.5 Å². The molecule has 0 amide bonds. The lowest BCUT2D eigenvalue weighted by Crippen LogP contribution is -2.30. The highest BCUT2D eigenvalue weighted by molar-refractivity contribution is 5.66. The van der Waals surface area contributed by atoms with Crippen molar-refractivity contribution in [1.29, 1.82) is 0 Å². The Morgan fingerprint density at radius 1 is 1.29 bits per heavy atom. The van der Waals surface area contributed by atoms with Crippen LogP contribution in [0.1, 0.15) is 47.0 Å². The quantitative estimate of drug-likeness (QED) is 0.720. The van der Waals surface area contributed by atoms with Crippen molar-refractivity contribution in [3.05, 3.63) is 0 Å². The van der Waals surface area contributed by atoms with E-state index >= 15 is 0 Å². The van der Waals surface area contributed by atoms with Crippen LogP contribution in [0, 0.1) is 5.41 Å². The Balaban J connectivity index is 4.12. The van der Waals surface area contributed by atoms with Crippen LogP contribution in [0.25, 0.3) is 0 Å². The molecular weight excluding hydrogens is 180 g/mol. The fourth-order valence-electron chi connectivity index (χ4n) is 1.76. The SMILES string of the molecule is COC(C)(C)CC(C)(C)CCC(=O)O. The molecule has 84 valence electrons. The molecule has 0 aliphatic heterocycles. The van der Waals surface area contributed by atoms with Crippen LogP contribution in [-0.4, -0.2) is 23.8 Å². The van der Waals surface area contributed by atoms with Crippen molar-refractivity contribution in [3.8, 4) is 0 Å². The molecule has 0 saturated heterocycles. The second-order valence-corrected chi connectivity index (χ2v) is 5.20. The minimum Gasteiger partial charge on any atom is -0.481 e. The molecule has 0 aliphatic carbocycles. The maximum Gasteiger partial charge on any atom is 0.303 e. The minimum absolute atomic E-state index is 0.0118. The summed E-state index contributed by atoms with van der Waals surface area (Å²) in [7, 11) is 1.69. The maximum atomic E-state index is 10.4. The van der Waals surface area contributed by atoms with Gasteiger partial charge >= 0.3 is 5.97 Å². The molecule has 0 aliphatic rings. The van der Waals surface area contributed by atoms with Crippen molar-refractivity contribution < 1.29 is 14.6 Å². The highest BCUT2D eigenvalue weighted by atomic mass is 16.5. The van der Waals surface area contributed by atoms with Crippen LogP contribution in [0.5, 0.6) is 0 Å². The Bertz CT molecular complexity index is 195. The third-order valence-electron chi connectivity index (χ3n) is 2.47. The van der Waals surface area contributed by atoms with Gasteiger partial charge in [-0.1, -0.05) is 13.8 Å². The van der Waals surface area contributed by atoms with Gasteiger partial charge in [-0.3, -0.25) is 4.79 Å². The number of hydrogen-bond donors (Lipinski definition) is 1. The predicted molar refractivity (Wildman–Crippen MR) is 56.4 cm³/mol. The first-order chi connectivity index (χ1) is 6.18. The molecule has 0 atom stereocenters. The number of methoxy groups -OCH3 is 1. The summed E-state index contributed by atoms with van der Waals surface area (Å²) in [5, 5.41) is 8.60. The van der Waals surface area contributed by atoms with Crippen molar-refractivity contribution in [3.63, 3.8) is 0 Å². The molecule has 0 saturated carbocycles. The van der Waals surface area contributed by atoms with Crippen LogP contribution in [0.4, 0.5) is 0 Å². The number of rotatable bonds is 6. The van der Waals surface area contributed by atoms with Gasteiger partial charge in [0, 0.05) is 13.5 Å². The van der Waals surface area contributed by atoms with Crippen molar-refractivity contribution in [2.45, 2.75) is 52.6 Å². The fraction of sp³-hybridized carbons (Fsp3) is 0.909. The van der Waals surface area contributed by atoms with Crippen LogP contribution in [0.2, 0.25) is 0 Å². The lowest BCUT2D eigenvalue weighted by Gasteiger charge is -2.33. The standard InChI is InChI=1S/C11H22O3/c1-10(2,7-6-9(12)13)8-11(3,4)14-5/h6-8H2,1-5H3,(H,12,13). The summed E-state index contributed by atoms with van der Waals surface area (Å²) in [6.07, 6.45) is 1.78. The van der Waals surface area contributed by atoms with Gasteiger partial charge in [0.05, 0.1) is 5.60 Å². The molecule has 0 rings (SSSR count). The molecule has 0 aromatic heterocycles. The van der Waals surface area contributed by atoms with Crippen LogP contribution in [0.3, 0.4) is 0 Å². The third kappa shape index (κ3) is 5.97. The van der Waals surface area contributed by atoms with Crippen LogP contribution >= 0.6 is 0 Å². The first-order valence-electron chi connectivity index (χ1n) is 4.95. The second-order valence-electron chi connectivity index (χ2n) is 5.20. The summed E-state index contributed by atoms with van der Waals surface area (Å²) >= 11 is 0. The Morgan fingerprint density at radius 2 is 1.79 bits per heavy atom. The van der Waals surface area contributed by atoms with Gasteiger partial charge in [-0.15, -0.1) is 0 Å². The van der Waals surface area contributed by atoms with E-state index in [1.807, 2.05) is 13.8 Å². The van der Waals surface area contributed by atoms with Gasteiger partial charge in [-0.25, -0.2) is 0 Å². The second kappa shape index (κ2) is 4.78. The lowest BCUT2D eigenvalue weighted by atomic mass is 9.78. The smallest absolute Gasteiger partial charge is 0.303 e. The average Bonchev–Trinajstić information content (AvgIpc) is 1.99. The summed E-state index contributed by atoms with van der Waals surface area (Å²) in [5.74, 6) is -0.728. The monoisotopic (exact) mass is 202 g/mol. The first kappa shape index (κ1) is 13.4. The van der Waals surface area contributed by atoms with Gasteiger partial charge in [-0.2, -0.15) is 0 Å². The molecular formula is C11H22O3. The summed E-state index contributed by atoms with van der Waals surface area (Å²) in [6, 6.07) is 0. The van der Waals surface area contributed by atoms with Gasteiger partial charge in [0.25, 0.3) is 0 Å². The molecule has 3 nitrogen and oxygen atoms in total. The summed E-state index contributed by atoms with van der Waals surface area (Å²) in [4.78, 5) is 10.4. The van der Waals surface area contributed by atoms with Gasteiger partial charge in [0.2, 0.25) is 0 Å². The van der Waals surface area contributed by atoms with Crippen molar-refractivity contribution in [1.82, 2.24) is 0 Å². The van der Waals surface area contributed by atoms with E-state index in [-0.39, 0.29) is 17.4 Å². The summed E-state index contributed by atoms with van der Waals surface area (Å²) < 4.78 is 5.33. The number of aliphatic carboxylic acids is 1. The zero-order valence-corrected chi connectivity index (χ0v) is 9.89. The Hall–Kier alpha value is -0.570. The molecule has 0 radical (unpaired) electrons. The van der Waals surface area contributed by atoms with E-state index < -0.39 is 5.97 Å². The number of ether oxygens (including phenoxy) is 1. The highest BCUT2D eigenvalue weighted by Gasteiger charge is 2.28. The third-order valence-corrected chi connectivity index (χ3v) is 2.47. The number of hydrogen-bond acceptors (Lipinski definition) is 2. The molecule has 0 aromatic rings. The van der Waals surface area contributed by atoms with Gasteiger partial charge < -0.3 is 9.84 Å². The number of carboxylic acid groups (broad SMARTS) is 1. The zero-order valence-electron chi connectivity index (χ0n) is 9.89.